The molecule has 0 amide bonds. The summed E-state index contributed by atoms with van der Waals surface area (Å²) in [6.45, 7) is 0. The molecule has 3 heterocycles. The second kappa shape index (κ2) is 5.89. The first-order chi connectivity index (χ1) is 10.1. The van der Waals surface area contributed by atoms with Gasteiger partial charge in [-0.2, -0.15) is 0 Å². The van der Waals surface area contributed by atoms with Crippen molar-refractivity contribution in [3.05, 3.63) is 67.4 Å². The summed E-state index contributed by atoms with van der Waals surface area (Å²) in [7, 11) is 4.12. The van der Waals surface area contributed by atoms with Crippen molar-refractivity contribution in [3.8, 4) is 22.4 Å². The van der Waals surface area contributed by atoms with Crippen molar-refractivity contribution >= 4 is 22.9 Å². The quantitative estimate of drug-likeness (QED) is 0.470. The topological polar surface area (TPSA) is 11.6 Å². The van der Waals surface area contributed by atoms with Crippen LogP contribution in [0.25, 0.3) is 22.4 Å². The fourth-order valence-electron chi connectivity index (χ4n) is 2.45. The van der Waals surface area contributed by atoms with Crippen LogP contribution in [0, 0.1) is 0 Å². The Morgan fingerprint density at radius 3 is 2.05 bits per heavy atom. The highest BCUT2D eigenvalue weighted by Gasteiger charge is 2.18. The van der Waals surface area contributed by atoms with E-state index in [1.54, 1.807) is 0 Å². The van der Waals surface area contributed by atoms with Gasteiger partial charge in [-0.3, -0.25) is 0 Å². The summed E-state index contributed by atoms with van der Waals surface area (Å²) in [5.41, 5.74) is 4.91. The van der Waals surface area contributed by atoms with Crippen LogP contribution in [0.2, 0.25) is 0 Å². The van der Waals surface area contributed by atoms with E-state index in [1.807, 2.05) is 14.4 Å². The normalized spacial score (nSPS) is 10.6. The highest BCUT2D eigenvalue weighted by molar-refractivity contribution is 14.1. The Morgan fingerprint density at radius 2 is 1.38 bits per heavy atom. The molecule has 4 heteroatoms. The van der Waals surface area contributed by atoms with Crippen LogP contribution in [0.1, 0.15) is 0 Å². The lowest BCUT2D eigenvalue weighted by Crippen LogP contribution is -2.31. The fraction of sp³-hybridized carbons (Fsp3) is 0.118. The fourth-order valence-corrected chi connectivity index (χ4v) is 2.77. The minimum atomic E-state index is 1.22. The maximum Gasteiger partial charge on any atom is 0.353 e. The molecule has 0 radical (unpaired) electrons. The lowest BCUT2D eigenvalue weighted by molar-refractivity contribution is -0.671. The minimum Gasteiger partial charge on any atom is -0.208 e. The molecule has 0 spiro atoms. The van der Waals surface area contributed by atoms with Crippen molar-refractivity contribution < 1.29 is 11.9 Å². The maximum absolute atomic E-state index is 2.26. The predicted octanol–water partition coefficient (Wildman–Crippen LogP) is 2.16. The second-order valence-corrected chi connectivity index (χ2v) is 6.18. The number of aryl methyl sites for hydroxylation is 2. The van der Waals surface area contributed by atoms with Crippen molar-refractivity contribution in [3.63, 3.8) is 0 Å². The van der Waals surface area contributed by atoms with E-state index in [1.165, 1.54) is 22.4 Å². The first kappa shape index (κ1) is 14.1. The van der Waals surface area contributed by atoms with E-state index in [2.05, 4.69) is 102 Å². The molecule has 0 aromatic carbocycles. The molecule has 0 saturated heterocycles. The molecule has 0 atom stereocenters. The van der Waals surface area contributed by atoms with E-state index in [-0.39, 0.29) is 0 Å². The third-order valence-electron chi connectivity index (χ3n) is 3.54. The van der Waals surface area contributed by atoms with E-state index in [9.17, 15) is 0 Å². The van der Waals surface area contributed by atoms with Gasteiger partial charge in [-0.1, -0.05) is 0 Å². The number of halogens is 1. The highest BCUT2D eigenvalue weighted by Crippen LogP contribution is 2.27. The molecule has 0 unspecified atom stereocenters. The Kier molecular flexibility index (Phi) is 3.96. The summed E-state index contributed by atoms with van der Waals surface area (Å²) in [5.74, 6) is 0. The van der Waals surface area contributed by atoms with E-state index in [4.69, 9.17) is 0 Å². The molecule has 0 aliphatic heterocycles. The van der Waals surface area contributed by atoms with Crippen molar-refractivity contribution in [2.45, 2.75) is 0 Å². The van der Waals surface area contributed by atoms with Crippen LogP contribution in [0.5, 0.6) is 0 Å². The van der Waals surface area contributed by atoms with Gasteiger partial charge in [0.25, 0.3) is 0 Å². The summed E-state index contributed by atoms with van der Waals surface area (Å²) in [6.07, 6.45) is 10.4. The molecule has 0 bridgehead atoms. The third-order valence-corrected chi connectivity index (χ3v) is 4.18. The van der Waals surface area contributed by atoms with Crippen LogP contribution in [-0.2, 0) is 14.1 Å². The van der Waals surface area contributed by atoms with Crippen molar-refractivity contribution in [2.24, 2.45) is 14.1 Å². The zero-order chi connectivity index (χ0) is 14.8. The van der Waals surface area contributed by atoms with E-state index >= 15 is 0 Å². The van der Waals surface area contributed by atoms with Crippen molar-refractivity contribution in [1.29, 1.82) is 0 Å². The summed E-state index contributed by atoms with van der Waals surface area (Å²) in [4.78, 5) is 0. The summed E-state index contributed by atoms with van der Waals surface area (Å²) < 4.78 is 6.25. The maximum atomic E-state index is 2.26. The number of pyridine rings is 3. The van der Waals surface area contributed by atoms with Crippen molar-refractivity contribution in [2.75, 3.05) is 0 Å². The standard InChI is InChI=1S/C17H17IN3/c1-19-10-5-14(6-11-19)16-4-3-9-20(2)17(16)15-7-12-21(18)13-8-15/h3-13H,1-2H3/q+3. The molecule has 0 saturated carbocycles. The van der Waals surface area contributed by atoms with Gasteiger partial charge in [0.2, 0.25) is 5.69 Å². The lowest BCUT2D eigenvalue weighted by Gasteiger charge is -2.06. The SMILES string of the molecule is C[n+]1ccc(-c2ccc[n+](C)c2-c2cc[n+](I)cc2)cc1. The largest absolute Gasteiger partial charge is 0.353 e. The molecule has 21 heavy (non-hydrogen) atoms. The third kappa shape index (κ3) is 2.95. The number of hydrogen-bond donors (Lipinski definition) is 0. The minimum absolute atomic E-state index is 1.22. The van der Waals surface area contributed by atoms with Crippen LogP contribution < -0.4 is 11.9 Å². The van der Waals surface area contributed by atoms with Gasteiger partial charge >= 0.3 is 22.9 Å². The summed E-state index contributed by atoms with van der Waals surface area (Å²) in [6, 6.07) is 12.9. The van der Waals surface area contributed by atoms with Crippen LogP contribution in [0.4, 0.5) is 0 Å². The smallest absolute Gasteiger partial charge is 0.208 e. The van der Waals surface area contributed by atoms with Crippen LogP contribution in [0.3, 0.4) is 0 Å². The number of rotatable bonds is 2. The lowest BCUT2D eigenvalue weighted by atomic mass is 10.0. The van der Waals surface area contributed by atoms with Gasteiger partial charge in [0, 0.05) is 35.9 Å². The summed E-state index contributed by atoms with van der Waals surface area (Å²) in [5, 5.41) is 0. The number of hydrogen-bond acceptors (Lipinski definition) is 0. The van der Waals surface area contributed by atoms with Crippen LogP contribution in [-0.4, -0.2) is 0 Å². The number of nitrogens with zero attached hydrogens (tertiary/aromatic N) is 3. The monoisotopic (exact) mass is 390 g/mol. The zero-order valence-corrected chi connectivity index (χ0v) is 14.2. The highest BCUT2D eigenvalue weighted by atomic mass is 127. The van der Waals surface area contributed by atoms with E-state index < -0.39 is 0 Å². The van der Waals surface area contributed by atoms with Gasteiger partial charge in [-0.25, -0.2) is 9.13 Å². The molecule has 3 nitrogen and oxygen atoms in total. The Balaban J connectivity index is 2.20. The van der Waals surface area contributed by atoms with Gasteiger partial charge in [0.1, 0.15) is 14.1 Å². The van der Waals surface area contributed by atoms with Crippen LogP contribution >= 0.6 is 22.9 Å². The molecule has 0 fully saturated rings. The summed E-state index contributed by atoms with van der Waals surface area (Å²) >= 11 is 2.26. The Bertz CT molecular complexity index is 765. The van der Waals surface area contributed by atoms with Crippen molar-refractivity contribution in [1.82, 2.24) is 0 Å². The molecule has 0 aliphatic carbocycles. The van der Waals surface area contributed by atoms with E-state index in [0.717, 1.165) is 0 Å². The predicted molar refractivity (Wildman–Crippen MR) is 89.3 cm³/mol. The van der Waals surface area contributed by atoms with E-state index in [0.29, 0.717) is 0 Å². The van der Waals surface area contributed by atoms with Crippen LogP contribution in [0.15, 0.2) is 67.4 Å². The Morgan fingerprint density at radius 1 is 0.762 bits per heavy atom. The number of aromatic nitrogens is 3. The molecule has 104 valence electrons. The molecule has 3 aromatic heterocycles. The van der Waals surface area contributed by atoms with Gasteiger partial charge in [0.05, 0.1) is 11.1 Å². The average Bonchev–Trinajstić information content (AvgIpc) is 2.49. The Hall–Kier alpha value is -1.82. The van der Waals surface area contributed by atoms with Gasteiger partial charge < -0.3 is 0 Å². The Labute approximate surface area is 138 Å². The second-order valence-electron chi connectivity index (χ2n) is 5.06. The molecular weight excluding hydrogens is 373 g/mol. The first-order valence-electron chi connectivity index (χ1n) is 6.77. The molecule has 3 aromatic rings. The van der Waals surface area contributed by atoms with Gasteiger partial charge in [-0.05, 0) is 6.07 Å². The molecule has 0 aliphatic rings. The van der Waals surface area contributed by atoms with Gasteiger partial charge in [0.15, 0.2) is 31.0 Å². The van der Waals surface area contributed by atoms with Gasteiger partial charge in [-0.15, -0.1) is 2.78 Å². The molecule has 3 rings (SSSR count). The average molecular weight is 390 g/mol. The molecule has 0 N–H and O–H groups in total. The zero-order valence-electron chi connectivity index (χ0n) is 12.1. The first-order valence-corrected chi connectivity index (χ1v) is 7.74. The molecular formula is C17H17IN3+3.